The van der Waals surface area contributed by atoms with Crippen molar-refractivity contribution in [2.24, 2.45) is 5.41 Å². The van der Waals surface area contributed by atoms with Gasteiger partial charge in [0, 0.05) is 31.6 Å². The summed E-state index contributed by atoms with van der Waals surface area (Å²) in [5, 5.41) is 29.5. The Morgan fingerprint density at radius 1 is 1.00 bits per heavy atom. The minimum Gasteiger partial charge on any atom is -0.465 e. The van der Waals surface area contributed by atoms with E-state index >= 15 is 0 Å². The number of ether oxygens (including phenoxy) is 1. The molecule has 3 aromatic rings. The molecule has 1 saturated heterocycles. The van der Waals surface area contributed by atoms with Gasteiger partial charge in [0.25, 0.3) is 0 Å². The molecule has 248 valence electrons. The number of hydrogen-bond acceptors (Lipinski definition) is 7. The molecule has 0 bridgehead atoms. The molecular weight excluding hydrogens is 606 g/mol. The minimum absolute atomic E-state index is 0.0777. The molecule has 12 heteroatoms. The predicted octanol–water partition coefficient (Wildman–Crippen LogP) is 4.30. The minimum atomic E-state index is -1.19. The van der Waals surface area contributed by atoms with Crippen LogP contribution in [0.15, 0.2) is 66.0 Å². The molecule has 0 aliphatic carbocycles. The molecule has 0 saturated carbocycles. The fourth-order valence-electron chi connectivity index (χ4n) is 5.93. The van der Waals surface area contributed by atoms with E-state index in [0.717, 1.165) is 21.8 Å². The smallest absolute Gasteiger partial charge is 0.404 e. The van der Waals surface area contributed by atoms with Crippen molar-refractivity contribution >= 4 is 29.4 Å². The van der Waals surface area contributed by atoms with E-state index in [2.05, 4.69) is 15.6 Å². The van der Waals surface area contributed by atoms with Crippen LogP contribution in [-0.4, -0.2) is 87.5 Å². The highest BCUT2D eigenvalue weighted by Gasteiger charge is 2.44. The molecule has 11 nitrogen and oxygen atoms in total. The number of carbonyl (C=O) groups is 3. The van der Waals surface area contributed by atoms with Gasteiger partial charge >= 0.3 is 12.1 Å². The zero-order valence-corrected chi connectivity index (χ0v) is 27.7. The molecule has 1 fully saturated rings. The van der Waals surface area contributed by atoms with E-state index in [1.54, 1.807) is 16.9 Å². The maximum Gasteiger partial charge on any atom is 0.404 e. The van der Waals surface area contributed by atoms with Crippen molar-refractivity contribution in [2.75, 3.05) is 20.2 Å². The van der Waals surface area contributed by atoms with Crippen molar-refractivity contribution in [1.82, 2.24) is 25.4 Å². The standard InChI is InChI=1S/C34H45N5O6S/c1-34(2,3)30(39-16-15-38(33(39)44)20-26-22-46-29(35-26)21-45-4)31(41)37-27(18-24-13-9-6-10-14-24)28(40)19-25(36-32(42)43)17-23-11-7-5-8-12-23/h5-14,22,25,27-28,30,36,40H,15-21H2,1-4H3,(H,37,41)(H,42,43)/t25-,27-,28-,30+/m0/s1. The molecule has 2 aromatic carbocycles. The summed E-state index contributed by atoms with van der Waals surface area (Å²) in [5.74, 6) is -0.371. The second-order valence-corrected chi connectivity index (χ2v) is 13.7. The third-order valence-electron chi connectivity index (χ3n) is 8.00. The summed E-state index contributed by atoms with van der Waals surface area (Å²) in [4.78, 5) is 47.3. The van der Waals surface area contributed by atoms with Crippen LogP contribution in [0.3, 0.4) is 0 Å². The highest BCUT2D eigenvalue weighted by atomic mass is 32.1. The summed E-state index contributed by atoms with van der Waals surface area (Å²) in [6, 6.07) is 16.6. The molecule has 4 N–H and O–H groups in total. The van der Waals surface area contributed by atoms with Gasteiger partial charge in [0.05, 0.1) is 31.0 Å². The number of carbonyl (C=O) groups excluding carboxylic acids is 2. The molecule has 0 spiro atoms. The third kappa shape index (κ3) is 9.75. The maximum absolute atomic E-state index is 14.2. The molecule has 1 aromatic heterocycles. The monoisotopic (exact) mass is 651 g/mol. The summed E-state index contributed by atoms with van der Waals surface area (Å²) < 4.78 is 5.16. The summed E-state index contributed by atoms with van der Waals surface area (Å²) in [7, 11) is 1.61. The topological polar surface area (TPSA) is 144 Å². The summed E-state index contributed by atoms with van der Waals surface area (Å²) in [6.07, 6.45) is -1.49. The maximum atomic E-state index is 14.2. The van der Waals surface area contributed by atoms with Crippen LogP contribution in [0.1, 0.15) is 49.0 Å². The van der Waals surface area contributed by atoms with Gasteiger partial charge in [-0.15, -0.1) is 11.3 Å². The van der Waals surface area contributed by atoms with Crippen LogP contribution in [0.4, 0.5) is 9.59 Å². The van der Waals surface area contributed by atoms with Gasteiger partial charge in [-0.25, -0.2) is 14.6 Å². The first-order valence-corrected chi connectivity index (χ1v) is 16.4. The van der Waals surface area contributed by atoms with E-state index in [1.165, 1.54) is 11.3 Å². The number of benzene rings is 2. The van der Waals surface area contributed by atoms with Crippen LogP contribution in [0.2, 0.25) is 0 Å². The molecule has 4 rings (SSSR count). The fourth-order valence-corrected chi connectivity index (χ4v) is 6.69. The van der Waals surface area contributed by atoms with E-state index in [-0.39, 0.29) is 18.4 Å². The van der Waals surface area contributed by atoms with Crippen molar-refractivity contribution < 1.29 is 29.3 Å². The Bertz CT molecular complexity index is 1430. The average Bonchev–Trinajstić information content (AvgIpc) is 3.59. The number of aliphatic hydroxyl groups is 1. The van der Waals surface area contributed by atoms with E-state index in [4.69, 9.17) is 4.74 Å². The molecule has 0 unspecified atom stereocenters. The fraction of sp³-hybridized carbons (Fsp3) is 0.471. The Labute approximate surface area is 274 Å². The molecule has 4 amide bonds. The van der Waals surface area contributed by atoms with Crippen LogP contribution >= 0.6 is 11.3 Å². The first kappa shape index (κ1) is 34.9. The quantitative estimate of drug-likeness (QED) is 0.192. The molecule has 46 heavy (non-hydrogen) atoms. The molecule has 1 aliphatic rings. The van der Waals surface area contributed by atoms with Crippen molar-refractivity contribution in [2.45, 2.75) is 77.4 Å². The van der Waals surface area contributed by atoms with Crippen molar-refractivity contribution in [3.63, 3.8) is 0 Å². The van der Waals surface area contributed by atoms with Gasteiger partial charge in [-0.3, -0.25) is 4.79 Å². The summed E-state index contributed by atoms with van der Waals surface area (Å²) >= 11 is 1.48. The molecule has 1 aliphatic heterocycles. The van der Waals surface area contributed by atoms with E-state index in [0.29, 0.717) is 39.1 Å². The molecular formula is C34H45N5O6S. The average molecular weight is 652 g/mol. The van der Waals surface area contributed by atoms with E-state index < -0.39 is 35.7 Å². The van der Waals surface area contributed by atoms with Crippen LogP contribution in [0.5, 0.6) is 0 Å². The second kappa shape index (κ2) is 16.0. The first-order valence-electron chi connectivity index (χ1n) is 15.5. The number of aromatic nitrogens is 1. The lowest BCUT2D eigenvalue weighted by atomic mass is 9.84. The van der Waals surface area contributed by atoms with Gasteiger partial charge in [-0.05, 0) is 35.8 Å². The van der Waals surface area contributed by atoms with Crippen molar-refractivity contribution in [3.05, 3.63) is 87.9 Å². The zero-order chi connectivity index (χ0) is 33.3. The Kier molecular flexibility index (Phi) is 12.1. The van der Waals surface area contributed by atoms with Gasteiger partial charge in [0.15, 0.2) is 0 Å². The van der Waals surface area contributed by atoms with Crippen LogP contribution < -0.4 is 10.6 Å². The lowest BCUT2D eigenvalue weighted by Crippen LogP contribution is -2.58. The van der Waals surface area contributed by atoms with Crippen LogP contribution in [0, 0.1) is 5.41 Å². The Morgan fingerprint density at radius 3 is 2.22 bits per heavy atom. The van der Waals surface area contributed by atoms with Crippen molar-refractivity contribution in [3.8, 4) is 0 Å². The van der Waals surface area contributed by atoms with E-state index in [9.17, 15) is 24.6 Å². The van der Waals surface area contributed by atoms with Gasteiger partial charge in [0.2, 0.25) is 5.91 Å². The normalized spacial score (nSPS) is 16.2. The van der Waals surface area contributed by atoms with Gasteiger partial charge in [-0.1, -0.05) is 81.4 Å². The number of hydrogen-bond donors (Lipinski definition) is 4. The third-order valence-corrected chi connectivity index (χ3v) is 8.87. The van der Waals surface area contributed by atoms with Gasteiger partial charge in [0.1, 0.15) is 11.0 Å². The summed E-state index contributed by atoms with van der Waals surface area (Å²) in [6.45, 7) is 7.32. The Balaban J connectivity index is 1.52. The molecule has 4 atom stereocenters. The van der Waals surface area contributed by atoms with Crippen molar-refractivity contribution in [1.29, 1.82) is 0 Å². The predicted molar refractivity (Wildman–Crippen MR) is 176 cm³/mol. The van der Waals surface area contributed by atoms with Crippen LogP contribution in [-0.2, 0) is 35.5 Å². The lowest BCUT2D eigenvalue weighted by Gasteiger charge is -2.38. The number of thiazole rings is 1. The zero-order valence-electron chi connectivity index (χ0n) is 26.9. The number of aliphatic hydroxyl groups excluding tert-OH is 1. The van der Waals surface area contributed by atoms with Gasteiger partial charge in [-0.2, -0.15) is 0 Å². The number of urea groups is 1. The highest BCUT2D eigenvalue weighted by molar-refractivity contribution is 7.09. The van der Waals surface area contributed by atoms with Gasteiger partial charge < -0.3 is 35.4 Å². The number of methoxy groups -OCH3 is 1. The largest absolute Gasteiger partial charge is 0.465 e. The number of rotatable bonds is 15. The number of carboxylic acid groups (broad SMARTS) is 1. The lowest BCUT2D eigenvalue weighted by molar-refractivity contribution is -0.130. The molecule has 2 heterocycles. The Morgan fingerprint density at radius 2 is 1.63 bits per heavy atom. The van der Waals surface area contributed by atoms with E-state index in [1.807, 2.05) is 86.8 Å². The molecule has 0 radical (unpaired) electrons. The second-order valence-electron chi connectivity index (χ2n) is 12.8. The summed E-state index contributed by atoms with van der Waals surface area (Å²) in [5.41, 5.74) is 1.99. The highest BCUT2D eigenvalue weighted by Crippen LogP contribution is 2.29. The number of nitrogens with zero attached hydrogens (tertiary/aromatic N) is 3. The first-order chi connectivity index (χ1) is 21.9. The number of amides is 4. The number of nitrogens with one attached hydrogen (secondary N) is 2. The SMILES string of the molecule is COCc1nc(CN2CCN([C@H](C(=O)N[C@@H](Cc3ccccc3)[C@@H](O)C[C@H](Cc3ccccc3)NC(=O)O)C(C)(C)C)C2=O)cs1. The Hall–Kier alpha value is -4.00. The van der Waals surface area contributed by atoms with Crippen LogP contribution in [0.25, 0.3) is 0 Å².